The number of nitrogens with zero attached hydrogens (tertiary/aromatic N) is 2. The second-order valence-electron chi connectivity index (χ2n) is 6.11. The minimum atomic E-state index is -4.60. The Morgan fingerprint density at radius 3 is 2.41 bits per heavy atom. The average molecular weight is 455 g/mol. The molecule has 3 nitrogen and oxygen atoms in total. The van der Waals surface area contributed by atoms with Crippen molar-refractivity contribution in [3.63, 3.8) is 0 Å². The first-order chi connectivity index (χ1) is 12.7. The fourth-order valence-electron chi connectivity index (χ4n) is 2.45. The highest BCUT2D eigenvalue weighted by Gasteiger charge is 2.38. The summed E-state index contributed by atoms with van der Waals surface area (Å²) in [5.74, 6) is 0.451. The van der Waals surface area contributed by atoms with Gasteiger partial charge in [-0.15, -0.1) is 0 Å². The van der Waals surface area contributed by atoms with Gasteiger partial charge in [0.05, 0.1) is 27.2 Å². The third kappa shape index (κ3) is 5.14. The number of benzene rings is 1. The maximum Gasteiger partial charge on any atom is 0.434 e. The van der Waals surface area contributed by atoms with E-state index in [0.717, 1.165) is 24.2 Å². The molecule has 0 atom stereocenters. The van der Waals surface area contributed by atoms with Crippen LogP contribution < -0.4 is 5.32 Å². The van der Waals surface area contributed by atoms with Gasteiger partial charge in [-0.1, -0.05) is 52.6 Å². The molecule has 1 aromatic carbocycles. The van der Waals surface area contributed by atoms with E-state index in [4.69, 9.17) is 41.2 Å². The van der Waals surface area contributed by atoms with Crippen molar-refractivity contribution in [1.29, 1.82) is 0 Å². The summed E-state index contributed by atoms with van der Waals surface area (Å²) in [5.41, 5.74) is -0.726. The summed E-state index contributed by atoms with van der Waals surface area (Å²) < 4.78 is 40.3. The van der Waals surface area contributed by atoms with Gasteiger partial charge in [-0.3, -0.25) is 0 Å². The smallest absolute Gasteiger partial charge is 0.329 e. The van der Waals surface area contributed by atoms with Gasteiger partial charge in [0.25, 0.3) is 0 Å². The molecule has 1 fully saturated rings. The number of alkyl halides is 3. The van der Waals surface area contributed by atoms with Crippen molar-refractivity contribution in [3.05, 3.63) is 37.8 Å². The second kappa shape index (κ2) is 7.96. The summed E-state index contributed by atoms with van der Waals surface area (Å²) in [4.78, 5) is 5.28. The van der Waals surface area contributed by atoms with E-state index in [9.17, 15) is 13.2 Å². The van der Waals surface area contributed by atoms with Crippen LogP contribution in [0.4, 0.5) is 24.0 Å². The first-order valence-electron chi connectivity index (χ1n) is 7.87. The van der Waals surface area contributed by atoms with Crippen molar-refractivity contribution in [2.75, 3.05) is 11.9 Å². The lowest BCUT2D eigenvalue weighted by Crippen LogP contribution is -2.21. The van der Waals surface area contributed by atoms with Gasteiger partial charge in [0.2, 0.25) is 0 Å². The number of nitrogens with one attached hydrogen (secondary N) is 1. The number of anilines is 2. The molecule has 0 spiro atoms. The predicted octanol–water partition coefficient (Wildman–Crippen LogP) is 6.67. The molecule has 144 valence electrons. The maximum absolute atomic E-state index is 13.4. The van der Waals surface area contributed by atoms with Gasteiger partial charge < -0.3 is 10.2 Å². The van der Waals surface area contributed by atoms with Gasteiger partial charge in [-0.25, -0.2) is 4.98 Å². The summed E-state index contributed by atoms with van der Waals surface area (Å²) >= 11 is 18.9. The quantitative estimate of drug-likeness (QED) is 0.390. The summed E-state index contributed by atoms with van der Waals surface area (Å²) in [6, 6.07) is 5.33. The van der Waals surface area contributed by atoms with Gasteiger partial charge in [0.1, 0.15) is 0 Å². The zero-order chi connectivity index (χ0) is 19.8. The van der Waals surface area contributed by atoms with Gasteiger partial charge in [0.15, 0.2) is 10.8 Å². The molecule has 0 amide bonds. The van der Waals surface area contributed by atoms with Crippen LogP contribution in [0.5, 0.6) is 0 Å². The Balaban J connectivity index is 1.89. The van der Waals surface area contributed by atoms with Crippen molar-refractivity contribution in [2.45, 2.75) is 25.6 Å². The Morgan fingerprint density at radius 1 is 1.26 bits per heavy atom. The molecule has 2 aromatic rings. The van der Waals surface area contributed by atoms with Crippen LogP contribution in [0.2, 0.25) is 15.1 Å². The third-order valence-corrected chi connectivity index (χ3v) is 5.67. The van der Waals surface area contributed by atoms with E-state index < -0.39 is 11.9 Å². The zero-order valence-corrected chi connectivity index (χ0v) is 16.8. The highest BCUT2D eigenvalue weighted by molar-refractivity contribution is 7.15. The molecule has 3 rings (SSSR count). The molecule has 0 radical (unpaired) electrons. The minimum absolute atomic E-state index is 0.0202. The van der Waals surface area contributed by atoms with E-state index in [2.05, 4.69) is 16.3 Å². The number of thiazole rings is 1. The summed E-state index contributed by atoms with van der Waals surface area (Å²) in [7, 11) is 0. The average Bonchev–Trinajstić information content (AvgIpc) is 3.27. The fourth-order valence-corrected chi connectivity index (χ4v) is 4.36. The Morgan fingerprint density at radius 2 is 1.89 bits per heavy atom. The van der Waals surface area contributed by atoms with E-state index >= 15 is 0 Å². The molecule has 1 saturated carbocycles. The van der Waals surface area contributed by atoms with Crippen molar-refractivity contribution < 1.29 is 13.2 Å². The molecule has 0 unspecified atom stereocenters. The molecule has 27 heavy (non-hydrogen) atoms. The number of aromatic nitrogens is 1. The number of terminal acetylenes is 1. The zero-order valence-electron chi connectivity index (χ0n) is 13.7. The molecule has 1 aromatic heterocycles. The number of hydrogen-bond donors (Lipinski definition) is 1. The Bertz CT molecular complexity index is 865. The van der Waals surface area contributed by atoms with Crippen LogP contribution in [0.1, 0.15) is 23.4 Å². The van der Waals surface area contributed by atoms with E-state index in [-0.39, 0.29) is 32.3 Å². The minimum Gasteiger partial charge on any atom is -0.329 e. The third-order valence-electron chi connectivity index (χ3n) is 3.90. The van der Waals surface area contributed by atoms with Crippen LogP contribution in [0.3, 0.4) is 0 Å². The molecule has 1 aliphatic rings. The number of halogens is 6. The van der Waals surface area contributed by atoms with Crippen LogP contribution >= 0.6 is 46.1 Å². The molecular weight excluding hydrogens is 442 g/mol. The maximum atomic E-state index is 13.4. The van der Waals surface area contributed by atoms with Crippen LogP contribution in [0.15, 0.2) is 12.1 Å². The van der Waals surface area contributed by atoms with E-state index in [0.29, 0.717) is 17.5 Å². The lowest BCUT2D eigenvalue weighted by atomic mass is 10.3. The topological polar surface area (TPSA) is 28.2 Å². The SMILES string of the molecule is C#CN(Cc1sc(Nc2c(Cl)cc(Cl)cc2Cl)nc1C(F)(F)F)CC1CC1. The first-order valence-corrected chi connectivity index (χ1v) is 9.82. The highest BCUT2D eigenvalue weighted by Crippen LogP contribution is 2.41. The van der Waals surface area contributed by atoms with E-state index in [1.807, 2.05) is 0 Å². The summed E-state index contributed by atoms with van der Waals surface area (Å²) in [5, 5.41) is 3.45. The van der Waals surface area contributed by atoms with Gasteiger partial charge in [0, 0.05) is 17.6 Å². The van der Waals surface area contributed by atoms with Gasteiger partial charge in [-0.2, -0.15) is 13.2 Å². The standard InChI is InChI=1S/C17H13Cl3F3N3S/c1-2-26(7-9-3-4-9)8-13-15(17(21,22)23)25-16(27-13)24-14-11(19)5-10(18)6-12(14)20/h1,5-6,9H,3-4,7-8H2,(H,24,25). The predicted molar refractivity (Wildman–Crippen MR) is 104 cm³/mol. The monoisotopic (exact) mass is 453 g/mol. The number of rotatable bonds is 6. The lowest BCUT2D eigenvalue weighted by molar-refractivity contribution is -0.141. The molecular formula is C17H13Cl3F3N3S. The normalized spacial score (nSPS) is 14.1. The van der Waals surface area contributed by atoms with Crippen molar-refractivity contribution >= 4 is 57.0 Å². The Hall–Kier alpha value is -1.33. The fraction of sp³-hybridized carbons (Fsp3) is 0.353. The lowest BCUT2D eigenvalue weighted by Gasteiger charge is -2.17. The van der Waals surface area contributed by atoms with Crippen molar-refractivity contribution in [3.8, 4) is 12.5 Å². The molecule has 0 aliphatic heterocycles. The molecule has 0 bridgehead atoms. The van der Waals surface area contributed by atoms with Crippen LogP contribution in [-0.2, 0) is 12.7 Å². The molecule has 10 heteroatoms. The van der Waals surface area contributed by atoms with Crippen LogP contribution in [0, 0.1) is 18.4 Å². The largest absolute Gasteiger partial charge is 0.434 e. The molecule has 1 N–H and O–H groups in total. The van der Waals surface area contributed by atoms with E-state index in [1.165, 1.54) is 12.1 Å². The highest BCUT2D eigenvalue weighted by atomic mass is 35.5. The molecule has 1 heterocycles. The first kappa shape index (κ1) is 20.4. The van der Waals surface area contributed by atoms with Gasteiger partial charge in [-0.05, 0) is 30.9 Å². The Labute approximate surface area is 173 Å². The number of hydrogen-bond acceptors (Lipinski definition) is 4. The molecule has 1 aliphatic carbocycles. The molecule has 0 saturated heterocycles. The van der Waals surface area contributed by atoms with Crippen LogP contribution in [0.25, 0.3) is 0 Å². The van der Waals surface area contributed by atoms with E-state index in [1.54, 1.807) is 4.90 Å². The Kier molecular flexibility index (Phi) is 6.02. The van der Waals surface area contributed by atoms with Crippen LogP contribution in [-0.4, -0.2) is 16.4 Å². The summed E-state index contributed by atoms with van der Waals surface area (Å²) in [6.45, 7) is 0.548. The second-order valence-corrected chi connectivity index (χ2v) is 8.45. The van der Waals surface area contributed by atoms with Gasteiger partial charge >= 0.3 is 6.18 Å². The van der Waals surface area contributed by atoms with Crippen molar-refractivity contribution in [1.82, 2.24) is 9.88 Å². The van der Waals surface area contributed by atoms with Crippen molar-refractivity contribution in [2.24, 2.45) is 5.92 Å². The summed E-state index contributed by atoms with van der Waals surface area (Å²) in [6.07, 6.45) is 2.96.